The summed E-state index contributed by atoms with van der Waals surface area (Å²) in [5, 5.41) is 3.78. The van der Waals surface area contributed by atoms with Gasteiger partial charge in [-0.05, 0) is 68.4 Å². The summed E-state index contributed by atoms with van der Waals surface area (Å²) in [6.45, 7) is 3.74. The molecule has 30 heavy (non-hydrogen) atoms. The van der Waals surface area contributed by atoms with Gasteiger partial charge in [0, 0.05) is 27.8 Å². The highest BCUT2D eigenvalue weighted by Gasteiger charge is 2.14. The minimum absolute atomic E-state index is 0.0773. The third-order valence-electron chi connectivity index (χ3n) is 3.84. The summed E-state index contributed by atoms with van der Waals surface area (Å²) in [5.41, 5.74) is 2.58. The topological polar surface area (TPSA) is 101 Å². The number of benzene rings is 2. The molecular weight excluding hydrogens is 444 g/mol. The molecule has 3 rings (SSSR count). The van der Waals surface area contributed by atoms with Crippen molar-refractivity contribution in [2.75, 3.05) is 15.8 Å². The van der Waals surface area contributed by atoms with E-state index in [1.54, 1.807) is 24.3 Å². The maximum atomic E-state index is 12.5. The van der Waals surface area contributed by atoms with Gasteiger partial charge in [0.15, 0.2) is 5.16 Å². The number of nitrogens with zero attached hydrogens (tertiary/aromatic N) is 2. The molecule has 156 valence electrons. The molecule has 2 N–H and O–H groups in total. The smallest absolute Gasteiger partial charge is 0.261 e. The van der Waals surface area contributed by atoms with Crippen molar-refractivity contribution in [3.63, 3.8) is 0 Å². The summed E-state index contributed by atoms with van der Waals surface area (Å²) in [4.78, 5) is 20.8. The van der Waals surface area contributed by atoms with Gasteiger partial charge in [-0.15, -0.1) is 0 Å². The van der Waals surface area contributed by atoms with Crippen LogP contribution in [0.2, 0.25) is 5.02 Å². The monoisotopic (exact) mass is 462 g/mol. The van der Waals surface area contributed by atoms with Crippen LogP contribution in [-0.4, -0.2) is 30.0 Å². The number of aryl methyl sites for hydroxylation is 2. The molecule has 2 aromatic carbocycles. The SMILES string of the molecule is Cc1cc(C)nc(SCC(=O)Nc2ccc(S(=O)(=O)Nc3ccc(Cl)cc3)cc2)n1. The number of hydrogen-bond donors (Lipinski definition) is 2. The Balaban J connectivity index is 1.59. The molecule has 1 aromatic heterocycles. The Labute approximate surface area is 184 Å². The molecule has 0 spiro atoms. The number of nitrogens with one attached hydrogen (secondary N) is 2. The summed E-state index contributed by atoms with van der Waals surface area (Å²) in [6, 6.07) is 14.1. The van der Waals surface area contributed by atoms with E-state index in [9.17, 15) is 13.2 Å². The second-order valence-electron chi connectivity index (χ2n) is 6.41. The number of carbonyl (C=O) groups is 1. The van der Waals surface area contributed by atoms with Gasteiger partial charge >= 0.3 is 0 Å². The number of carbonyl (C=O) groups excluding carboxylic acids is 1. The molecule has 0 aliphatic heterocycles. The number of sulfonamides is 1. The Hall–Kier alpha value is -2.62. The lowest BCUT2D eigenvalue weighted by molar-refractivity contribution is -0.113. The Morgan fingerprint density at radius 1 is 0.967 bits per heavy atom. The standard InChI is InChI=1S/C20H19ClN4O3S2/c1-13-11-14(2)23-20(22-13)29-12-19(26)24-16-7-9-18(10-8-16)30(27,28)25-17-5-3-15(21)4-6-17/h3-11,25H,12H2,1-2H3,(H,24,26). The largest absolute Gasteiger partial charge is 0.325 e. The zero-order chi connectivity index (χ0) is 21.7. The van der Waals surface area contributed by atoms with Crippen LogP contribution in [0.3, 0.4) is 0 Å². The van der Waals surface area contributed by atoms with Crippen molar-refractivity contribution in [1.29, 1.82) is 0 Å². The molecule has 0 atom stereocenters. The minimum Gasteiger partial charge on any atom is -0.325 e. The number of anilines is 2. The first kappa shape index (κ1) is 22.1. The van der Waals surface area contributed by atoms with E-state index in [2.05, 4.69) is 20.0 Å². The first-order valence-corrected chi connectivity index (χ1v) is 11.7. The van der Waals surface area contributed by atoms with Crippen LogP contribution >= 0.6 is 23.4 Å². The van der Waals surface area contributed by atoms with Gasteiger partial charge in [0.1, 0.15) is 0 Å². The first-order chi connectivity index (χ1) is 14.2. The number of thioether (sulfide) groups is 1. The van der Waals surface area contributed by atoms with Gasteiger partial charge in [-0.1, -0.05) is 23.4 Å². The summed E-state index contributed by atoms with van der Waals surface area (Å²) in [5.74, 6) is -0.0983. The fraction of sp³-hybridized carbons (Fsp3) is 0.150. The lowest BCUT2D eigenvalue weighted by Gasteiger charge is -2.10. The molecule has 0 unspecified atom stereocenters. The van der Waals surface area contributed by atoms with Crippen molar-refractivity contribution >= 4 is 50.7 Å². The van der Waals surface area contributed by atoms with Gasteiger partial charge in [0.25, 0.3) is 10.0 Å². The molecule has 0 fully saturated rings. The summed E-state index contributed by atoms with van der Waals surface area (Å²) in [7, 11) is -3.75. The van der Waals surface area contributed by atoms with E-state index in [0.29, 0.717) is 21.6 Å². The average molecular weight is 463 g/mol. The van der Waals surface area contributed by atoms with Crippen LogP contribution < -0.4 is 10.0 Å². The van der Waals surface area contributed by atoms with Crippen molar-refractivity contribution in [3.05, 3.63) is 71.0 Å². The van der Waals surface area contributed by atoms with E-state index in [-0.39, 0.29) is 16.6 Å². The molecule has 0 saturated heterocycles. The normalized spacial score (nSPS) is 11.2. The van der Waals surface area contributed by atoms with E-state index < -0.39 is 10.0 Å². The van der Waals surface area contributed by atoms with Gasteiger partial charge in [-0.3, -0.25) is 9.52 Å². The van der Waals surface area contributed by atoms with Crippen molar-refractivity contribution in [2.24, 2.45) is 0 Å². The quantitative estimate of drug-likeness (QED) is 0.401. The highest BCUT2D eigenvalue weighted by molar-refractivity contribution is 7.99. The third-order valence-corrected chi connectivity index (χ3v) is 6.34. The number of halogens is 1. The van der Waals surface area contributed by atoms with Gasteiger partial charge in [-0.2, -0.15) is 0 Å². The van der Waals surface area contributed by atoms with E-state index in [0.717, 1.165) is 11.4 Å². The highest BCUT2D eigenvalue weighted by Crippen LogP contribution is 2.20. The second kappa shape index (κ2) is 9.46. The van der Waals surface area contributed by atoms with Gasteiger partial charge in [0.2, 0.25) is 5.91 Å². The lowest BCUT2D eigenvalue weighted by Crippen LogP contribution is -2.15. The molecule has 10 heteroatoms. The Morgan fingerprint density at radius 2 is 1.53 bits per heavy atom. The lowest BCUT2D eigenvalue weighted by atomic mass is 10.3. The number of amides is 1. The minimum atomic E-state index is -3.75. The van der Waals surface area contributed by atoms with E-state index in [4.69, 9.17) is 11.6 Å². The Kier molecular flexibility index (Phi) is 6.96. The van der Waals surface area contributed by atoms with Crippen LogP contribution in [0, 0.1) is 13.8 Å². The van der Waals surface area contributed by atoms with Crippen LogP contribution in [-0.2, 0) is 14.8 Å². The van der Waals surface area contributed by atoms with Crippen molar-refractivity contribution in [2.45, 2.75) is 23.9 Å². The molecule has 0 aliphatic carbocycles. The predicted molar refractivity (Wildman–Crippen MR) is 120 cm³/mol. The van der Waals surface area contributed by atoms with Crippen molar-refractivity contribution in [1.82, 2.24) is 9.97 Å². The van der Waals surface area contributed by atoms with Crippen LogP contribution in [0.15, 0.2) is 64.6 Å². The Bertz CT molecular complexity index is 1130. The molecule has 1 amide bonds. The molecule has 3 aromatic rings. The number of hydrogen-bond acceptors (Lipinski definition) is 6. The molecule has 1 heterocycles. The van der Waals surface area contributed by atoms with E-state index in [1.165, 1.54) is 36.0 Å². The number of aromatic nitrogens is 2. The van der Waals surface area contributed by atoms with E-state index in [1.807, 2.05) is 19.9 Å². The molecule has 0 bridgehead atoms. The molecular formula is C20H19ClN4O3S2. The van der Waals surface area contributed by atoms with E-state index >= 15 is 0 Å². The molecule has 0 aliphatic rings. The molecule has 0 radical (unpaired) electrons. The van der Waals surface area contributed by atoms with Crippen LogP contribution in [0.1, 0.15) is 11.4 Å². The first-order valence-electron chi connectivity index (χ1n) is 8.85. The zero-order valence-corrected chi connectivity index (χ0v) is 18.6. The summed E-state index contributed by atoms with van der Waals surface area (Å²) < 4.78 is 27.4. The Morgan fingerprint density at radius 3 is 2.13 bits per heavy atom. The second-order valence-corrected chi connectivity index (χ2v) is 9.47. The predicted octanol–water partition coefficient (Wildman–Crippen LogP) is 4.28. The third kappa shape index (κ3) is 6.19. The summed E-state index contributed by atoms with van der Waals surface area (Å²) >= 11 is 7.05. The van der Waals surface area contributed by atoms with Crippen molar-refractivity contribution in [3.8, 4) is 0 Å². The van der Waals surface area contributed by atoms with Gasteiger partial charge in [-0.25, -0.2) is 18.4 Å². The fourth-order valence-corrected chi connectivity index (χ4v) is 4.47. The van der Waals surface area contributed by atoms with Gasteiger partial charge in [0.05, 0.1) is 10.6 Å². The maximum absolute atomic E-state index is 12.5. The fourth-order valence-electron chi connectivity index (χ4n) is 2.53. The van der Waals surface area contributed by atoms with Crippen LogP contribution in [0.5, 0.6) is 0 Å². The maximum Gasteiger partial charge on any atom is 0.261 e. The molecule has 7 nitrogen and oxygen atoms in total. The zero-order valence-electron chi connectivity index (χ0n) is 16.2. The van der Waals surface area contributed by atoms with Crippen LogP contribution in [0.25, 0.3) is 0 Å². The molecule has 0 saturated carbocycles. The average Bonchev–Trinajstić information content (AvgIpc) is 2.68. The highest BCUT2D eigenvalue weighted by atomic mass is 35.5. The summed E-state index contributed by atoms with van der Waals surface area (Å²) in [6.07, 6.45) is 0. The van der Waals surface area contributed by atoms with Gasteiger partial charge < -0.3 is 5.32 Å². The number of rotatable bonds is 7. The van der Waals surface area contributed by atoms with Crippen molar-refractivity contribution < 1.29 is 13.2 Å². The van der Waals surface area contributed by atoms with Crippen LogP contribution in [0.4, 0.5) is 11.4 Å².